The van der Waals surface area contributed by atoms with Crippen LogP contribution in [0.4, 0.5) is 8.78 Å². The van der Waals surface area contributed by atoms with Crippen LogP contribution in [0.25, 0.3) is 33.3 Å². The second-order valence-electron chi connectivity index (χ2n) is 10.5. The molecule has 4 heteroatoms. The largest absolute Gasteiger partial charge is 0.220 e. The molecule has 7 rings (SSSR count). The van der Waals surface area contributed by atoms with Gasteiger partial charge in [-0.05, 0) is 66.6 Å². The Balaban J connectivity index is 1.51. The van der Waals surface area contributed by atoms with Crippen LogP contribution in [0.15, 0.2) is 91.3 Å². The Kier molecular flexibility index (Phi) is 4.62. The summed E-state index contributed by atoms with van der Waals surface area (Å²) in [6, 6.07) is 26.1. The number of pyridine rings is 2. The molecule has 1 atom stereocenters. The van der Waals surface area contributed by atoms with Gasteiger partial charge in [0.1, 0.15) is 0 Å². The van der Waals surface area contributed by atoms with E-state index in [2.05, 4.69) is 83.0 Å². The minimum atomic E-state index is -0.811. The Bertz CT molecular complexity index is 1690. The zero-order valence-electron chi connectivity index (χ0n) is 20.1. The highest BCUT2D eigenvalue weighted by Crippen LogP contribution is 2.41. The van der Waals surface area contributed by atoms with Gasteiger partial charge in [-0.1, -0.05) is 36.4 Å². The van der Waals surface area contributed by atoms with Gasteiger partial charge in [0.25, 0.3) is 0 Å². The highest BCUT2D eigenvalue weighted by molar-refractivity contribution is 5.93. The van der Waals surface area contributed by atoms with Gasteiger partial charge in [-0.3, -0.25) is 0 Å². The lowest BCUT2D eigenvalue weighted by Crippen LogP contribution is -2.53. The number of aromatic nitrogens is 2. The standard InChI is InChI=1S/C32H26F2N2/c1-21-7-6-13-35-19-32(17-23-8-2-4-10-25(23)30(21)35)18-24-9-3-5-11-26(24)31-27-16-29(34)28(33)15-22(27)12-14-36(31)20-32/h2-16H,17-20H2,1H3/q+2. The Labute approximate surface area is 209 Å². The first kappa shape index (κ1) is 21.4. The molecular formula is C32H26F2N2+2. The molecule has 5 aromatic rings. The summed E-state index contributed by atoms with van der Waals surface area (Å²) in [6.07, 6.45) is 6.08. The number of aryl methyl sites for hydroxylation is 1. The van der Waals surface area contributed by atoms with Gasteiger partial charge < -0.3 is 0 Å². The van der Waals surface area contributed by atoms with Gasteiger partial charge in [-0.2, -0.15) is 9.13 Å². The average Bonchev–Trinajstić information content (AvgIpc) is 3.09. The maximum atomic E-state index is 14.5. The number of nitrogens with zero attached hydrogens (tertiary/aromatic N) is 2. The monoisotopic (exact) mass is 476 g/mol. The highest BCUT2D eigenvalue weighted by Gasteiger charge is 2.46. The van der Waals surface area contributed by atoms with E-state index >= 15 is 0 Å². The normalized spacial score (nSPS) is 18.1. The van der Waals surface area contributed by atoms with Crippen LogP contribution < -0.4 is 9.13 Å². The molecule has 1 unspecified atom stereocenters. The summed E-state index contributed by atoms with van der Waals surface area (Å²) in [5.74, 6) is -1.62. The molecule has 0 fully saturated rings. The molecule has 3 aromatic carbocycles. The van der Waals surface area contributed by atoms with Crippen molar-refractivity contribution < 1.29 is 17.9 Å². The van der Waals surface area contributed by atoms with E-state index in [0.717, 1.165) is 42.6 Å². The maximum Gasteiger partial charge on any atom is 0.220 e. The van der Waals surface area contributed by atoms with Crippen LogP contribution in [0.2, 0.25) is 0 Å². The second-order valence-corrected chi connectivity index (χ2v) is 10.5. The van der Waals surface area contributed by atoms with Crippen molar-refractivity contribution in [3.8, 4) is 22.5 Å². The lowest BCUT2D eigenvalue weighted by molar-refractivity contribution is -0.737. The molecule has 0 saturated carbocycles. The van der Waals surface area contributed by atoms with Gasteiger partial charge in [0.05, 0.1) is 16.4 Å². The molecule has 2 aliphatic heterocycles. The fourth-order valence-electron chi connectivity index (χ4n) is 6.58. The van der Waals surface area contributed by atoms with E-state index in [9.17, 15) is 8.78 Å². The fraction of sp³-hybridized carbons (Fsp3) is 0.188. The fourth-order valence-corrected chi connectivity index (χ4v) is 6.58. The molecule has 176 valence electrons. The Morgan fingerprint density at radius 1 is 0.667 bits per heavy atom. The zero-order chi connectivity index (χ0) is 24.4. The quantitative estimate of drug-likeness (QED) is 0.238. The predicted molar refractivity (Wildman–Crippen MR) is 136 cm³/mol. The minimum absolute atomic E-state index is 0.0991. The summed E-state index contributed by atoms with van der Waals surface area (Å²) in [6.45, 7) is 3.84. The van der Waals surface area contributed by atoms with Gasteiger partial charge in [0.2, 0.25) is 11.4 Å². The van der Waals surface area contributed by atoms with E-state index in [4.69, 9.17) is 0 Å². The molecule has 0 aliphatic carbocycles. The molecule has 2 aliphatic rings. The van der Waals surface area contributed by atoms with Gasteiger partial charge in [0, 0.05) is 23.3 Å². The SMILES string of the molecule is Cc1ccc[n+]2c1-c1ccccc1CC1(Cc3ccccc3-c3c4cc(F)c(F)cc4cc[n+]3C1)C2. The van der Waals surface area contributed by atoms with Gasteiger partial charge in [-0.25, -0.2) is 8.78 Å². The topological polar surface area (TPSA) is 7.76 Å². The van der Waals surface area contributed by atoms with E-state index in [1.54, 1.807) is 0 Å². The molecule has 0 saturated heterocycles. The third-order valence-corrected chi connectivity index (χ3v) is 8.03. The molecule has 0 amide bonds. The van der Waals surface area contributed by atoms with Crippen LogP contribution >= 0.6 is 0 Å². The third kappa shape index (κ3) is 3.21. The van der Waals surface area contributed by atoms with E-state index in [-0.39, 0.29) is 5.41 Å². The zero-order valence-corrected chi connectivity index (χ0v) is 20.1. The van der Waals surface area contributed by atoms with Crippen molar-refractivity contribution in [3.05, 3.63) is 120 Å². The molecule has 2 aromatic heterocycles. The molecule has 0 N–H and O–H groups in total. The van der Waals surface area contributed by atoms with Crippen LogP contribution in [-0.4, -0.2) is 0 Å². The number of fused-ring (bicyclic) bond motifs is 8. The molecule has 0 radical (unpaired) electrons. The molecule has 2 nitrogen and oxygen atoms in total. The second kappa shape index (κ2) is 7.79. The van der Waals surface area contributed by atoms with Crippen LogP contribution in [-0.2, 0) is 25.9 Å². The van der Waals surface area contributed by atoms with Crippen molar-refractivity contribution >= 4 is 10.8 Å². The van der Waals surface area contributed by atoms with Crippen molar-refractivity contribution in [2.24, 2.45) is 5.41 Å². The van der Waals surface area contributed by atoms with Gasteiger partial charge in [0.15, 0.2) is 37.1 Å². The van der Waals surface area contributed by atoms with E-state index < -0.39 is 11.6 Å². The van der Waals surface area contributed by atoms with Crippen molar-refractivity contribution in [2.45, 2.75) is 32.9 Å². The summed E-state index contributed by atoms with van der Waals surface area (Å²) in [4.78, 5) is 0. The maximum absolute atomic E-state index is 14.5. The van der Waals surface area contributed by atoms with Crippen molar-refractivity contribution in [1.82, 2.24) is 0 Å². The first-order chi connectivity index (χ1) is 17.5. The lowest BCUT2D eigenvalue weighted by Gasteiger charge is -2.26. The van der Waals surface area contributed by atoms with Crippen molar-refractivity contribution in [1.29, 1.82) is 0 Å². The summed E-state index contributed by atoms with van der Waals surface area (Å²) in [7, 11) is 0. The Morgan fingerprint density at radius 3 is 2.00 bits per heavy atom. The van der Waals surface area contributed by atoms with E-state index in [0.29, 0.717) is 5.39 Å². The molecule has 0 bridgehead atoms. The summed E-state index contributed by atoms with van der Waals surface area (Å²) >= 11 is 0. The predicted octanol–water partition coefficient (Wildman–Crippen LogP) is 6.13. The van der Waals surface area contributed by atoms with Crippen molar-refractivity contribution in [3.63, 3.8) is 0 Å². The minimum Gasteiger partial charge on any atom is -0.204 e. The Morgan fingerprint density at radius 2 is 1.28 bits per heavy atom. The number of halogens is 2. The van der Waals surface area contributed by atoms with Gasteiger partial charge >= 0.3 is 0 Å². The van der Waals surface area contributed by atoms with Crippen LogP contribution in [0, 0.1) is 24.0 Å². The molecular weight excluding hydrogens is 450 g/mol. The van der Waals surface area contributed by atoms with E-state index in [1.807, 2.05) is 12.1 Å². The van der Waals surface area contributed by atoms with Crippen LogP contribution in [0.1, 0.15) is 16.7 Å². The van der Waals surface area contributed by atoms with Crippen molar-refractivity contribution in [2.75, 3.05) is 0 Å². The summed E-state index contributed by atoms with van der Waals surface area (Å²) in [5.41, 5.74) is 8.41. The first-order valence-corrected chi connectivity index (χ1v) is 12.5. The van der Waals surface area contributed by atoms with E-state index in [1.165, 1.54) is 40.1 Å². The highest BCUT2D eigenvalue weighted by atomic mass is 19.2. The molecule has 36 heavy (non-hydrogen) atoms. The third-order valence-electron chi connectivity index (χ3n) is 8.03. The molecule has 1 spiro atoms. The Hall–Kier alpha value is -3.92. The number of hydrogen-bond donors (Lipinski definition) is 0. The average molecular weight is 477 g/mol. The van der Waals surface area contributed by atoms with Crippen LogP contribution in [0.5, 0.6) is 0 Å². The molecule has 4 heterocycles. The first-order valence-electron chi connectivity index (χ1n) is 12.5. The van der Waals surface area contributed by atoms with Crippen LogP contribution in [0.3, 0.4) is 0 Å². The number of benzene rings is 3. The summed E-state index contributed by atoms with van der Waals surface area (Å²) < 4.78 is 33.3. The number of hydrogen-bond acceptors (Lipinski definition) is 0. The lowest BCUT2D eigenvalue weighted by atomic mass is 9.76. The number of rotatable bonds is 0. The summed E-state index contributed by atoms with van der Waals surface area (Å²) in [5, 5.41) is 1.46. The smallest absolute Gasteiger partial charge is 0.204 e. The van der Waals surface area contributed by atoms with Gasteiger partial charge in [-0.15, -0.1) is 0 Å².